The molecule has 1 aliphatic carbocycles. The van der Waals surface area contributed by atoms with Crippen molar-refractivity contribution in [2.75, 3.05) is 40.3 Å². The molecule has 150 valence electrons. The zero-order valence-electron chi connectivity index (χ0n) is 16.3. The molecule has 1 saturated carbocycles. The second-order valence-corrected chi connectivity index (χ2v) is 7.33. The Kier molecular flexibility index (Phi) is 8.82. The van der Waals surface area contributed by atoms with E-state index in [1.54, 1.807) is 7.05 Å². The fourth-order valence-corrected chi connectivity index (χ4v) is 3.71. The number of likely N-dealkylation sites (tertiary alicyclic amines) is 1. The molecule has 1 amide bonds. The largest absolute Gasteiger partial charge is 0.358 e. The minimum atomic E-state index is 0. The molecule has 2 fully saturated rings. The van der Waals surface area contributed by atoms with Crippen molar-refractivity contribution in [3.63, 3.8) is 0 Å². The van der Waals surface area contributed by atoms with E-state index in [0.29, 0.717) is 24.4 Å². The molecule has 2 atom stereocenters. The zero-order chi connectivity index (χ0) is 18.4. The van der Waals surface area contributed by atoms with E-state index in [1.807, 2.05) is 7.05 Å². The first kappa shape index (κ1) is 21.9. The van der Waals surface area contributed by atoms with Gasteiger partial charge in [-0.3, -0.25) is 14.7 Å². The maximum atomic E-state index is 11.5. The van der Waals surface area contributed by atoms with Crippen molar-refractivity contribution in [2.45, 2.75) is 31.2 Å². The lowest BCUT2D eigenvalue weighted by Crippen LogP contribution is -2.50. The van der Waals surface area contributed by atoms with Crippen LogP contribution in [0.15, 0.2) is 35.3 Å². The fraction of sp³-hybridized carbons (Fsp3) is 0.600. The summed E-state index contributed by atoms with van der Waals surface area (Å²) < 4.78 is 0. The highest BCUT2D eigenvalue weighted by molar-refractivity contribution is 14.0. The van der Waals surface area contributed by atoms with E-state index in [1.165, 1.54) is 12.0 Å². The Labute approximate surface area is 179 Å². The lowest BCUT2D eigenvalue weighted by atomic mass is 10.1. The van der Waals surface area contributed by atoms with Gasteiger partial charge >= 0.3 is 0 Å². The van der Waals surface area contributed by atoms with Crippen LogP contribution in [-0.2, 0) is 4.79 Å². The van der Waals surface area contributed by atoms with Crippen LogP contribution >= 0.6 is 24.0 Å². The fourth-order valence-electron chi connectivity index (χ4n) is 3.71. The number of nitrogens with zero attached hydrogens (tertiary/aromatic N) is 2. The third-order valence-corrected chi connectivity index (χ3v) is 5.48. The number of hydrogen-bond acceptors (Lipinski definition) is 3. The average Bonchev–Trinajstić information content (AvgIpc) is 3.46. The molecule has 1 heterocycles. The second-order valence-electron chi connectivity index (χ2n) is 7.33. The minimum Gasteiger partial charge on any atom is -0.358 e. The molecule has 1 aromatic carbocycles. The van der Waals surface area contributed by atoms with Gasteiger partial charge in [0.15, 0.2) is 5.96 Å². The SMILES string of the molecule is CN=C(NCC1CC1c1ccccc1)NC1CCN(CC(=O)NC)CC1.I. The van der Waals surface area contributed by atoms with E-state index < -0.39 is 0 Å². The standard InChI is InChI=1S/C20H31N5O.HI/c1-21-19(26)14-25-10-8-17(9-11-25)24-20(22-2)23-13-16-12-18(16)15-6-4-3-5-7-15;/h3-7,16-18H,8-14H2,1-2H3,(H,21,26)(H2,22,23,24);1H. The predicted molar refractivity (Wildman–Crippen MR) is 121 cm³/mol. The summed E-state index contributed by atoms with van der Waals surface area (Å²) in [5.41, 5.74) is 1.45. The molecule has 0 bridgehead atoms. The molecule has 3 rings (SSSR count). The Morgan fingerprint density at radius 1 is 1.22 bits per heavy atom. The lowest BCUT2D eigenvalue weighted by Gasteiger charge is -2.32. The number of carbonyl (C=O) groups excluding carboxylic acids is 1. The second kappa shape index (κ2) is 10.8. The molecule has 3 N–H and O–H groups in total. The number of rotatable bonds is 6. The van der Waals surface area contributed by atoms with Gasteiger partial charge in [-0.05, 0) is 36.7 Å². The number of halogens is 1. The van der Waals surface area contributed by atoms with Crippen molar-refractivity contribution in [3.8, 4) is 0 Å². The van der Waals surface area contributed by atoms with Gasteiger partial charge in [0.05, 0.1) is 6.54 Å². The molecule has 1 aliphatic heterocycles. The first-order chi connectivity index (χ1) is 12.7. The highest BCUT2D eigenvalue weighted by Crippen LogP contribution is 2.46. The summed E-state index contributed by atoms with van der Waals surface area (Å²) in [6.45, 7) is 3.36. The zero-order valence-corrected chi connectivity index (χ0v) is 18.6. The van der Waals surface area contributed by atoms with Crippen LogP contribution in [-0.4, -0.2) is 63.1 Å². The molecular formula is C20H32IN5O. The topological polar surface area (TPSA) is 68.8 Å². The predicted octanol–water partition coefficient (Wildman–Crippen LogP) is 1.78. The molecule has 1 aromatic rings. The Morgan fingerprint density at radius 3 is 2.56 bits per heavy atom. The summed E-state index contributed by atoms with van der Waals surface area (Å²) in [6, 6.07) is 11.2. The van der Waals surface area contributed by atoms with Gasteiger partial charge < -0.3 is 16.0 Å². The normalized spacial score (nSPS) is 23.3. The van der Waals surface area contributed by atoms with Crippen molar-refractivity contribution in [1.29, 1.82) is 0 Å². The van der Waals surface area contributed by atoms with Gasteiger partial charge in [-0.25, -0.2) is 0 Å². The monoisotopic (exact) mass is 485 g/mol. The van der Waals surface area contributed by atoms with Gasteiger partial charge in [0.25, 0.3) is 0 Å². The van der Waals surface area contributed by atoms with E-state index >= 15 is 0 Å². The van der Waals surface area contributed by atoms with Crippen molar-refractivity contribution >= 4 is 35.8 Å². The Balaban J connectivity index is 0.00000261. The molecule has 2 unspecified atom stereocenters. The first-order valence-electron chi connectivity index (χ1n) is 9.64. The molecule has 0 aromatic heterocycles. The molecular weight excluding hydrogens is 453 g/mol. The molecule has 6 nitrogen and oxygen atoms in total. The number of hydrogen-bond donors (Lipinski definition) is 3. The number of aliphatic imine (C=N–C) groups is 1. The average molecular weight is 485 g/mol. The molecule has 1 saturated heterocycles. The Morgan fingerprint density at radius 2 is 1.93 bits per heavy atom. The number of guanidine groups is 1. The summed E-state index contributed by atoms with van der Waals surface area (Å²) in [5.74, 6) is 2.37. The third kappa shape index (κ3) is 6.64. The van der Waals surface area contributed by atoms with Crippen molar-refractivity contribution in [3.05, 3.63) is 35.9 Å². The molecule has 7 heteroatoms. The lowest BCUT2D eigenvalue weighted by molar-refractivity contribution is -0.122. The summed E-state index contributed by atoms with van der Waals surface area (Å²) >= 11 is 0. The van der Waals surface area contributed by atoms with E-state index in [2.05, 4.69) is 56.2 Å². The molecule has 0 spiro atoms. The van der Waals surface area contributed by atoms with Crippen molar-refractivity contribution < 1.29 is 4.79 Å². The van der Waals surface area contributed by atoms with Crippen LogP contribution in [0, 0.1) is 5.92 Å². The van der Waals surface area contributed by atoms with Crippen LogP contribution in [0.2, 0.25) is 0 Å². The van der Waals surface area contributed by atoms with Gasteiger partial charge in [0.1, 0.15) is 0 Å². The Hall–Kier alpha value is -1.35. The van der Waals surface area contributed by atoms with Gasteiger partial charge in [0, 0.05) is 39.8 Å². The quantitative estimate of drug-likeness (QED) is 0.327. The van der Waals surface area contributed by atoms with E-state index in [4.69, 9.17) is 0 Å². The molecule has 0 radical (unpaired) electrons. The maximum Gasteiger partial charge on any atom is 0.233 e. The molecule has 27 heavy (non-hydrogen) atoms. The van der Waals surface area contributed by atoms with Crippen LogP contribution in [0.5, 0.6) is 0 Å². The van der Waals surface area contributed by atoms with Gasteiger partial charge in [-0.2, -0.15) is 0 Å². The van der Waals surface area contributed by atoms with Crippen molar-refractivity contribution in [2.24, 2.45) is 10.9 Å². The highest BCUT2D eigenvalue weighted by Gasteiger charge is 2.37. The van der Waals surface area contributed by atoms with Crippen LogP contribution in [0.4, 0.5) is 0 Å². The summed E-state index contributed by atoms with van der Waals surface area (Å²) in [6.07, 6.45) is 3.33. The number of carbonyl (C=O) groups is 1. The van der Waals surface area contributed by atoms with Gasteiger partial charge in [-0.15, -0.1) is 24.0 Å². The Bertz CT molecular complexity index is 616. The van der Waals surface area contributed by atoms with Crippen LogP contribution in [0.3, 0.4) is 0 Å². The molecule has 2 aliphatic rings. The minimum absolute atomic E-state index is 0. The first-order valence-corrected chi connectivity index (χ1v) is 9.64. The van der Waals surface area contributed by atoms with E-state index in [0.717, 1.165) is 38.4 Å². The van der Waals surface area contributed by atoms with E-state index in [-0.39, 0.29) is 29.9 Å². The van der Waals surface area contributed by atoms with E-state index in [9.17, 15) is 4.79 Å². The number of piperidine rings is 1. The summed E-state index contributed by atoms with van der Waals surface area (Å²) in [7, 11) is 3.52. The third-order valence-electron chi connectivity index (χ3n) is 5.48. The number of benzene rings is 1. The van der Waals surface area contributed by atoms with Crippen LogP contribution in [0.25, 0.3) is 0 Å². The number of nitrogens with one attached hydrogen (secondary N) is 3. The number of likely N-dealkylation sites (N-methyl/N-ethyl adjacent to an activating group) is 1. The van der Waals surface area contributed by atoms with Crippen LogP contribution in [0.1, 0.15) is 30.7 Å². The maximum absolute atomic E-state index is 11.5. The highest BCUT2D eigenvalue weighted by atomic mass is 127. The summed E-state index contributed by atoms with van der Waals surface area (Å²) in [5, 5.41) is 9.72. The smallest absolute Gasteiger partial charge is 0.233 e. The van der Waals surface area contributed by atoms with Crippen LogP contribution < -0.4 is 16.0 Å². The van der Waals surface area contributed by atoms with Gasteiger partial charge in [-0.1, -0.05) is 30.3 Å². The van der Waals surface area contributed by atoms with Gasteiger partial charge in [0.2, 0.25) is 5.91 Å². The van der Waals surface area contributed by atoms with Crippen molar-refractivity contribution in [1.82, 2.24) is 20.9 Å². The number of amides is 1. The summed E-state index contributed by atoms with van der Waals surface area (Å²) in [4.78, 5) is 18.1.